The lowest BCUT2D eigenvalue weighted by molar-refractivity contribution is 0.198. The number of ether oxygens (including phenoxy) is 2. The molecule has 0 amide bonds. The largest absolute Gasteiger partial charge is 0.493 e. The summed E-state index contributed by atoms with van der Waals surface area (Å²) < 4.78 is 11.9. The highest BCUT2D eigenvalue weighted by Crippen LogP contribution is 2.34. The first-order valence-corrected chi connectivity index (χ1v) is 11.2. The number of hydrogen-bond acceptors (Lipinski definition) is 5. The molecule has 29 heavy (non-hydrogen) atoms. The van der Waals surface area contributed by atoms with Gasteiger partial charge in [-0.2, -0.15) is 0 Å². The van der Waals surface area contributed by atoms with E-state index in [4.69, 9.17) is 9.47 Å². The van der Waals surface area contributed by atoms with Crippen LogP contribution in [0.4, 0.5) is 0 Å². The zero-order valence-corrected chi connectivity index (χ0v) is 18.6. The van der Waals surface area contributed by atoms with E-state index >= 15 is 0 Å². The number of thiazole rings is 1. The number of rotatable bonds is 8. The van der Waals surface area contributed by atoms with Crippen molar-refractivity contribution in [2.75, 3.05) is 14.2 Å². The Hall–Kier alpha value is -2.28. The molecule has 1 aliphatic carbocycles. The van der Waals surface area contributed by atoms with Crippen LogP contribution in [0, 0.1) is 0 Å². The number of aliphatic imine (C=N–C) groups is 1. The van der Waals surface area contributed by atoms with E-state index < -0.39 is 0 Å². The second-order valence-electron chi connectivity index (χ2n) is 7.58. The average Bonchev–Trinajstić information content (AvgIpc) is 3.41. The number of methoxy groups -OCH3 is 1. The van der Waals surface area contributed by atoms with Crippen LogP contribution in [0.1, 0.15) is 61.7 Å². The van der Waals surface area contributed by atoms with Crippen molar-refractivity contribution < 1.29 is 9.47 Å². The van der Waals surface area contributed by atoms with Gasteiger partial charge in [-0.05, 0) is 31.7 Å². The predicted octanol–water partition coefficient (Wildman–Crippen LogP) is 4.46. The molecule has 2 aromatic rings. The van der Waals surface area contributed by atoms with Crippen molar-refractivity contribution in [3.63, 3.8) is 0 Å². The summed E-state index contributed by atoms with van der Waals surface area (Å²) in [6.07, 6.45) is 4.97. The van der Waals surface area contributed by atoms with Gasteiger partial charge in [-0.1, -0.05) is 26.0 Å². The second kappa shape index (κ2) is 10.5. The molecule has 0 radical (unpaired) electrons. The summed E-state index contributed by atoms with van der Waals surface area (Å²) in [4.78, 5) is 9.00. The van der Waals surface area contributed by atoms with Gasteiger partial charge in [0.1, 0.15) is 0 Å². The third-order valence-corrected chi connectivity index (χ3v) is 6.23. The normalized spacial score (nSPS) is 15.0. The maximum absolute atomic E-state index is 6.31. The molecule has 3 rings (SSSR count). The molecule has 0 saturated heterocycles. The van der Waals surface area contributed by atoms with Crippen LogP contribution in [0.15, 0.2) is 28.6 Å². The van der Waals surface area contributed by atoms with Gasteiger partial charge in [-0.25, -0.2) is 4.98 Å². The third-order valence-electron chi connectivity index (χ3n) is 5.04. The Bertz CT molecular complexity index is 813. The fourth-order valence-electron chi connectivity index (χ4n) is 3.41. The van der Waals surface area contributed by atoms with Crippen LogP contribution < -0.4 is 20.1 Å². The molecule has 1 aliphatic rings. The average molecular weight is 417 g/mol. The van der Waals surface area contributed by atoms with Crippen molar-refractivity contribution in [3.05, 3.63) is 39.8 Å². The Morgan fingerprint density at radius 1 is 1.24 bits per heavy atom. The standard InChI is InChI=1S/C22H32N4O2S/c1-15(2)21-26-17(14-29-21)13-25-22(23-3)24-12-16-8-7-11-19(27-4)20(16)28-18-9-5-6-10-18/h7-8,11,14-15,18H,5-6,9-10,12-13H2,1-4H3,(H2,23,24,25). The van der Waals surface area contributed by atoms with Crippen molar-refractivity contribution >= 4 is 17.3 Å². The summed E-state index contributed by atoms with van der Waals surface area (Å²) in [6.45, 7) is 5.57. The van der Waals surface area contributed by atoms with Crippen molar-refractivity contribution in [3.8, 4) is 11.5 Å². The van der Waals surface area contributed by atoms with Crippen LogP contribution in [-0.2, 0) is 13.1 Å². The first-order valence-electron chi connectivity index (χ1n) is 10.3. The lowest BCUT2D eigenvalue weighted by atomic mass is 10.1. The van der Waals surface area contributed by atoms with Crippen molar-refractivity contribution in [1.82, 2.24) is 15.6 Å². The third kappa shape index (κ3) is 5.85. The molecule has 1 aromatic heterocycles. The van der Waals surface area contributed by atoms with Gasteiger partial charge >= 0.3 is 0 Å². The van der Waals surface area contributed by atoms with Gasteiger partial charge in [-0.3, -0.25) is 4.99 Å². The zero-order chi connectivity index (χ0) is 20.6. The molecule has 1 saturated carbocycles. The van der Waals surface area contributed by atoms with Crippen LogP contribution in [0.3, 0.4) is 0 Å². The maximum atomic E-state index is 6.31. The van der Waals surface area contributed by atoms with Crippen LogP contribution in [0.2, 0.25) is 0 Å². The first-order chi connectivity index (χ1) is 14.1. The first kappa shape index (κ1) is 21.4. The van der Waals surface area contributed by atoms with E-state index in [0.717, 1.165) is 46.6 Å². The van der Waals surface area contributed by atoms with Gasteiger partial charge in [0.05, 0.1) is 30.5 Å². The predicted molar refractivity (Wildman–Crippen MR) is 119 cm³/mol. The molecule has 0 bridgehead atoms. The van der Waals surface area contributed by atoms with E-state index in [9.17, 15) is 0 Å². The highest BCUT2D eigenvalue weighted by atomic mass is 32.1. The molecule has 1 fully saturated rings. The summed E-state index contributed by atoms with van der Waals surface area (Å²) in [5.74, 6) is 2.81. The van der Waals surface area contributed by atoms with E-state index in [0.29, 0.717) is 19.0 Å². The van der Waals surface area contributed by atoms with Gasteiger partial charge in [0.25, 0.3) is 0 Å². The highest BCUT2D eigenvalue weighted by Gasteiger charge is 2.20. The molecule has 1 aromatic carbocycles. The molecule has 0 unspecified atom stereocenters. The Labute approximate surface area is 177 Å². The number of hydrogen-bond donors (Lipinski definition) is 2. The molecular weight excluding hydrogens is 384 g/mol. The molecule has 6 nitrogen and oxygen atoms in total. The molecule has 7 heteroatoms. The Kier molecular flexibility index (Phi) is 7.75. The van der Waals surface area contributed by atoms with Gasteiger partial charge in [0.2, 0.25) is 0 Å². The summed E-state index contributed by atoms with van der Waals surface area (Å²) in [6, 6.07) is 6.02. The van der Waals surface area contributed by atoms with Crippen molar-refractivity contribution in [2.24, 2.45) is 4.99 Å². The number of para-hydroxylation sites is 1. The van der Waals surface area contributed by atoms with Gasteiger partial charge in [0.15, 0.2) is 17.5 Å². The van der Waals surface area contributed by atoms with Crippen LogP contribution in [0.5, 0.6) is 11.5 Å². The number of guanidine groups is 1. The number of nitrogens with zero attached hydrogens (tertiary/aromatic N) is 2. The smallest absolute Gasteiger partial charge is 0.191 e. The number of nitrogens with one attached hydrogen (secondary N) is 2. The van der Waals surface area contributed by atoms with Gasteiger partial charge in [-0.15, -0.1) is 11.3 Å². The SMILES string of the molecule is CN=C(NCc1csc(C(C)C)n1)NCc1cccc(OC)c1OC1CCCC1. The minimum atomic E-state index is 0.280. The monoisotopic (exact) mass is 416 g/mol. The second-order valence-corrected chi connectivity index (χ2v) is 8.47. The van der Waals surface area contributed by atoms with Crippen LogP contribution >= 0.6 is 11.3 Å². The topological polar surface area (TPSA) is 67.8 Å². The highest BCUT2D eigenvalue weighted by molar-refractivity contribution is 7.09. The molecule has 1 heterocycles. The van der Waals surface area contributed by atoms with E-state index in [1.807, 2.05) is 12.1 Å². The van der Waals surface area contributed by atoms with Crippen LogP contribution in [0.25, 0.3) is 0 Å². The van der Waals surface area contributed by atoms with Gasteiger partial charge in [0, 0.05) is 30.5 Å². The fraction of sp³-hybridized carbons (Fsp3) is 0.545. The van der Waals surface area contributed by atoms with Crippen molar-refractivity contribution in [1.29, 1.82) is 0 Å². The fourth-order valence-corrected chi connectivity index (χ4v) is 4.25. The van der Waals surface area contributed by atoms with Crippen LogP contribution in [-0.4, -0.2) is 31.2 Å². The molecule has 0 atom stereocenters. The van der Waals surface area contributed by atoms with E-state index in [-0.39, 0.29) is 6.10 Å². The minimum Gasteiger partial charge on any atom is -0.493 e. The number of aromatic nitrogens is 1. The van der Waals surface area contributed by atoms with Gasteiger partial charge < -0.3 is 20.1 Å². The summed E-state index contributed by atoms with van der Waals surface area (Å²) in [7, 11) is 3.46. The summed E-state index contributed by atoms with van der Waals surface area (Å²) >= 11 is 1.71. The van der Waals surface area contributed by atoms with Crippen molar-refractivity contribution in [2.45, 2.75) is 64.6 Å². The lowest BCUT2D eigenvalue weighted by Gasteiger charge is -2.20. The summed E-state index contributed by atoms with van der Waals surface area (Å²) in [5, 5.41) is 9.99. The lowest BCUT2D eigenvalue weighted by Crippen LogP contribution is -2.36. The van der Waals surface area contributed by atoms with E-state index in [2.05, 4.69) is 45.9 Å². The molecular formula is C22H32N4O2S. The quantitative estimate of drug-likeness (QED) is 0.491. The maximum Gasteiger partial charge on any atom is 0.191 e. The molecule has 0 spiro atoms. The molecule has 158 valence electrons. The number of benzene rings is 1. The molecule has 0 aliphatic heterocycles. The Balaban J connectivity index is 1.61. The Morgan fingerprint density at radius 2 is 2.00 bits per heavy atom. The molecule has 2 N–H and O–H groups in total. The summed E-state index contributed by atoms with van der Waals surface area (Å²) in [5.41, 5.74) is 2.10. The minimum absolute atomic E-state index is 0.280. The Morgan fingerprint density at radius 3 is 2.66 bits per heavy atom. The zero-order valence-electron chi connectivity index (χ0n) is 17.8. The van der Waals surface area contributed by atoms with E-state index in [1.54, 1.807) is 25.5 Å². The van der Waals surface area contributed by atoms with E-state index in [1.165, 1.54) is 12.8 Å².